The van der Waals surface area contributed by atoms with Gasteiger partial charge in [-0.25, -0.2) is 4.99 Å². The van der Waals surface area contributed by atoms with Crippen molar-refractivity contribution in [1.82, 2.24) is 4.90 Å². The number of rotatable bonds is 4. The van der Waals surface area contributed by atoms with Gasteiger partial charge in [0, 0.05) is 31.1 Å². The molecule has 1 aromatic carbocycles. The molecule has 3 rings (SSSR count). The van der Waals surface area contributed by atoms with Crippen LogP contribution < -0.4 is 11.5 Å². The van der Waals surface area contributed by atoms with Crippen molar-refractivity contribution in [3.8, 4) is 0 Å². The zero-order valence-corrected chi connectivity index (χ0v) is 15.7. The van der Waals surface area contributed by atoms with Crippen LogP contribution in [-0.4, -0.2) is 36.6 Å². The summed E-state index contributed by atoms with van der Waals surface area (Å²) in [6, 6.07) is 5.76. The Bertz CT molecular complexity index is 736. The van der Waals surface area contributed by atoms with Crippen LogP contribution in [0.3, 0.4) is 0 Å². The van der Waals surface area contributed by atoms with Crippen LogP contribution in [0.1, 0.15) is 56.6 Å². The van der Waals surface area contributed by atoms with Crippen LogP contribution in [0.2, 0.25) is 0 Å². The van der Waals surface area contributed by atoms with Crippen LogP contribution in [-0.2, 0) is 10.3 Å². The van der Waals surface area contributed by atoms with E-state index >= 15 is 0 Å². The van der Waals surface area contributed by atoms with Gasteiger partial charge in [-0.05, 0) is 43.4 Å². The van der Waals surface area contributed by atoms with Crippen molar-refractivity contribution in [1.29, 1.82) is 0 Å². The Morgan fingerprint density at radius 1 is 1.31 bits per heavy atom. The molecule has 1 heterocycles. The molecule has 1 fully saturated rings. The molecule has 26 heavy (non-hydrogen) atoms. The molecular weight excluding hydrogens is 326 g/mol. The van der Waals surface area contributed by atoms with Crippen molar-refractivity contribution in [3.63, 3.8) is 0 Å². The third kappa shape index (κ3) is 3.89. The van der Waals surface area contributed by atoms with Gasteiger partial charge in [0.1, 0.15) is 0 Å². The van der Waals surface area contributed by atoms with Gasteiger partial charge in [-0.3, -0.25) is 14.7 Å². The Balaban J connectivity index is 1.80. The molecule has 0 unspecified atom stereocenters. The zero-order chi connectivity index (χ0) is 18.7. The fourth-order valence-corrected chi connectivity index (χ4v) is 3.77. The van der Waals surface area contributed by atoms with E-state index in [0.717, 1.165) is 17.7 Å². The maximum Gasteiger partial charge on any atom is 0.231 e. The van der Waals surface area contributed by atoms with Gasteiger partial charge < -0.3 is 11.5 Å². The average Bonchev–Trinajstić information content (AvgIpc) is 2.62. The highest BCUT2D eigenvalue weighted by atomic mass is 16.2. The molecule has 1 atom stereocenters. The second-order valence-electron chi connectivity index (χ2n) is 7.72. The summed E-state index contributed by atoms with van der Waals surface area (Å²) in [4.78, 5) is 22.8. The van der Waals surface area contributed by atoms with Crippen LogP contribution in [0.15, 0.2) is 28.2 Å². The van der Waals surface area contributed by atoms with Crippen molar-refractivity contribution < 1.29 is 4.79 Å². The molecule has 1 saturated carbocycles. The van der Waals surface area contributed by atoms with Crippen LogP contribution in [0, 0.1) is 5.92 Å². The highest BCUT2D eigenvalue weighted by molar-refractivity contribution is 5.99. The van der Waals surface area contributed by atoms with E-state index in [4.69, 9.17) is 11.5 Å². The van der Waals surface area contributed by atoms with E-state index in [-0.39, 0.29) is 18.3 Å². The molecule has 6 heteroatoms. The maximum absolute atomic E-state index is 12.2. The van der Waals surface area contributed by atoms with E-state index in [1.807, 2.05) is 31.3 Å². The number of carbonyl (C=O) groups excluding carboxylic acids is 1. The topological polar surface area (TPSA) is 97.1 Å². The number of benzene rings is 1. The van der Waals surface area contributed by atoms with E-state index in [1.165, 1.54) is 37.0 Å². The molecule has 0 radical (unpaired) electrons. The number of guanidine groups is 1. The highest BCUT2D eigenvalue weighted by Crippen LogP contribution is 2.34. The molecule has 1 aromatic rings. The molecule has 4 N–H and O–H groups in total. The Morgan fingerprint density at radius 2 is 2.04 bits per heavy atom. The summed E-state index contributed by atoms with van der Waals surface area (Å²) in [7, 11) is 1.65. The van der Waals surface area contributed by atoms with Gasteiger partial charge in [0.05, 0.1) is 12.0 Å². The highest BCUT2D eigenvalue weighted by Gasteiger charge is 2.36. The summed E-state index contributed by atoms with van der Waals surface area (Å²) in [5.41, 5.74) is 13.9. The fraction of sp³-hybridized carbons (Fsp3) is 0.550. The second kappa shape index (κ2) is 7.48. The maximum atomic E-state index is 12.2. The Hall–Kier alpha value is -2.37. The van der Waals surface area contributed by atoms with Gasteiger partial charge in [0.2, 0.25) is 5.91 Å². The molecule has 0 saturated heterocycles. The first kappa shape index (κ1) is 18.4. The Labute approximate surface area is 155 Å². The van der Waals surface area contributed by atoms with E-state index in [0.29, 0.717) is 11.6 Å². The monoisotopic (exact) mass is 355 g/mol. The normalized spacial score (nSPS) is 24.9. The summed E-state index contributed by atoms with van der Waals surface area (Å²) >= 11 is 0. The third-order valence-corrected chi connectivity index (χ3v) is 5.60. The van der Waals surface area contributed by atoms with Crippen molar-refractivity contribution in [2.24, 2.45) is 21.6 Å². The van der Waals surface area contributed by atoms with E-state index in [9.17, 15) is 4.79 Å². The van der Waals surface area contributed by atoms with Crippen LogP contribution in [0.4, 0.5) is 5.69 Å². The number of hydrogen-bond donors (Lipinski definition) is 2. The molecule has 140 valence electrons. The summed E-state index contributed by atoms with van der Waals surface area (Å²) in [6.07, 6.45) is 8.68. The molecule has 1 amide bonds. The number of nitrogen functional groups attached to an aromatic ring is 1. The number of carbonyl (C=O) groups is 1. The lowest BCUT2D eigenvalue weighted by atomic mass is 9.86. The standard InChI is InChI=1S/C20H29N5O/c1-20(11-18(26)25(2)19(22)24-20)16-8-9-17(21)15(10-16)13-23-12-14-6-4-3-5-7-14/h8-10,13-14H,3-7,11-12,21H2,1-2H3,(H2,22,24)/t20-/m0/s1. The van der Waals surface area contributed by atoms with Gasteiger partial charge in [-0.1, -0.05) is 25.3 Å². The first-order valence-electron chi connectivity index (χ1n) is 9.41. The molecule has 0 aromatic heterocycles. The lowest BCUT2D eigenvalue weighted by Gasteiger charge is -2.33. The predicted octanol–water partition coefficient (Wildman–Crippen LogP) is 2.66. The summed E-state index contributed by atoms with van der Waals surface area (Å²) < 4.78 is 0. The Morgan fingerprint density at radius 3 is 2.73 bits per heavy atom. The van der Waals surface area contributed by atoms with Gasteiger partial charge >= 0.3 is 0 Å². The summed E-state index contributed by atoms with van der Waals surface area (Å²) in [5.74, 6) is 0.898. The largest absolute Gasteiger partial charge is 0.398 e. The number of amides is 1. The Kier molecular flexibility index (Phi) is 5.30. The van der Waals surface area contributed by atoms with Gasteiger partial charge in [0.25, 0.3) is 0 Å². The van der Waals surface area contributed by atoms with Crippen molar-refractivity contribution >= 4 is 23.8 Å². The predicted molar refractivity (Wildman–Crippen MR) is 106 cm³/mol. The SMILES string of the molecule is CN1C(=O)C[C@@](C)(c2ccc(N)c(C=NCC3CCCCC3)c2)N=C1N. The molecule has 1 aliphatic heterocycles. The number of nitrogens with zero attached hydrogens (tertiary/aromatic N) is 3. The number of aliphatic imine (C=N–C) groups is 2. The molecule has 0 bridgehead atoms. The summed E-state index contributed by atoms with van der Waals surface area (Å²) in [5, 5.41) is 0. The molecule has 0 spiro atoms. The van der Waals surface area contributed by atoms with E-state index in [2.05, 4.69) is 9.98 Å². The molecular formula is C20H29N5O. The zero-order valence-electron chi connectivity index (χ0n) is 15.7. The summed E-state index contributed by atoms with van der Waals surface area (Å²) in [6.45, 7) is 2.79. The number of anilines is 1. The van der Waals surface area contributed by atoms with Gasteiger partial charge in [-0.15, -0.1) is 0 Å². The quantitative estimate of drug-likeness (QED) is 0.642. The van der Waals surface area contributed by atoms with Crippen LogP contribution in [0.5, 0.6) is 0 Å². The lowest BCUT2D eigenvalue weighted by molar-refractivity contribution is -0.128. The van der Waals surface area contributed by atoms with Gasteiger partial charge in [0.15, 0.2) is 5.96 Å². The first-order valence-corrected chi connectivity index (χ1v) is 9.41. The van der Waals surface area contributed by atoms with Crippen LogP contribution in [0.25, 0.3) is 0 Å². The average molecular weight is 355 g/mol. The smallest absolute Gasteiger partial charge is 0.231 e. The minimum Gasteiger partial charge on any atom is -0.398 e. The van der Waals surface area contributed by atoms with E-state index < -0.39 is 5.54 Å². The minimum absolute atomic E-state index is 0.0376. The van der Waals surface area contributed by atoms with Crippen molar-refractivity contribution in [2.75, 3.05) is 19.3 Å². The van der Waals surface area contributed by atoms with Crippen molar-refractivity contribution in [2.45, 2.75) is 51.0 Å². The minimum atomic E-state index is -0.673. The first-order chi connectivity index (χ1) is 12.4. The molecule has 1 aliphatic carbocycles. The van der Waals surface area contributed by atoms with Crippen LogP contribution >= 0.6 is 0 Å². The third-order valence-electron chi connectivity index (χ3n) is 5.60. The van der Waals surface area contributed by atoms with Gasteiger partial charge in [-0.2, -0.15) is 0 Å². The number of hydrogen-bond acceptors (Lipinski definition) is 5. The van der Waals surface area contributed by atoms with Crippen molar-refractivity contribution in [3.05, 3.63) is 29.3 Å². The van der Waals surface area contributed by atoms with E-state index in [1.54, 1.807) is 7.05 Å². The molecule has 2 aliphatic rings. The fourth-order valence-electron chi connectivity index (χ4n) is 3.77. The number of nitrogens with two attached hydrogens (primary N) is 2. The second-order valence-corrected chi connectivity index (χ2v) is 7.72. The lowest BCUT2D eigenvalue weighted by Crippen LogP contribution is -2.47. The molecule has 6 nitrogen and oxygen atoms in total.